The Morgan fingerprint density at radius 2 is 2.00 bits per heavy atom. The van der Waals surface area contributed by atoms with Gasteiger partial charge in [0.25, 0.3) is 0 Å². The molecule has 0 aliphatic rings. The van der Waals surface area contributed by atoms with Gasteiger partial charge in [0, 0.05) is 29.4 Å². The Balaban J connectivity index is 1.33. The molecule has 3 aromatic heterocycles. The van der Waals surface area contributed by atoms with E-state index in [0.717, 1.165) is 22.0 Å². The molecule has 28 heavy (non-hydrogen) atoms. The molecule has 6 nitrogen and oxygen atoms in total. The largest absolute Gasteiger partial charge is 0.456 e. The zero-order valence-electron chi connectivity index (χ0n) is 14.8. The van der Waals surface area contributed by atoms with Gasteiger partial charge in [-0.2, -0.15) is 5.10 Å². The van der Waals surface area contributed by atoms with E-state index < -0.39 is 5.97 Å². The fraction of sp³-hybridized carbons (Fsp3) is 0.0476. The van der Waals surface area contributed by atoms with Crippen LogP contribution in [0.4, 0.5) is 0 Å². The maximum absolute atomic E-state index is 12.0. The van der Waals surface area contributed by atoms with Crippen molar-refractivity contribution in [2.75, 3.05) is 0 Å². The summed E-state index contributed by atoms with van der Waals surface area (Å²) in [7, 11) is 0. The van der Waals surface area contributed by atoms with Crippen LogP contribution in [0.25, 0.3) is 22.5 Å². The Bertz CT molecular complexity index is 1090. The predicted octanol–water partition coefficient (Wildman–Crippen LogP) is 4.15. The number of carbonyl (C=O) groups is 1. The first-order chi connectivity index (χ1) is 13.8. The average molecular weight is 388 g/mol. The molecule has 0 spiro atoms. The monoisotopic (exact) mass is 388 g/mol. The van der Waals surface area contributed by atoms with Crippen LogP contribution in [0.2, 0.25) is 0 Å². The maximum atomic E-state index is 12.0. The minimum Gasteiger partial charge on any atom is -0.456 e. The summed E-state index contributed by atoms with van der Waals surface area (Å²) in [5.41, 5.74) is 3.27. The van der Waals surface area contributed by atoms with E-state index in [4.69, 9.17) is 4.74 Å². The highest BCUT2D eigenvalue weighted by Gasteiger charge is 2.07. The lowest BCUT2D eigenvalue weighted by Crippen LogP contribution is -2.00. The molecule has 0 fully saturated rings. The second-order valence-electron chi connectivity index (χ2n) is 5.85. The highest BCUT2D eigenvalue weighted by Crippen LogP contribution is 2.21. The SMILES string of the molecule is O=C(/C=C/c1cnn(-c2ccccc2)c1)OCc1csc(-c2ccccn2)n1. The third kappa shape index (κ3) is 4.39. The molecule has 0 atom stereocenters. The van der Waals surface area contributed by atoms with E-state index in [2.05, 4.69) is 15.1 Å². The number of esters is 1. The van der Waals surface area contributed by atoms with Crippen molar-refractivity contribution in [3.05, 3.63) is 89.8 Å². The van der Waals surface area contributed by atoms with E-state index in [9.17, 15) is 4.79 Å². The summed E-state index contributed by atoms with van der Waals surface area (Å²) in [6.45, 7) is 0.121. The number of thiazole rings is 1. The fourth-order valence-corrected chi connectivity index (χ4v) is 3.26. The van der Waals surface area contributed by atoms with E-state index in [1.807, 2.05) is 60.1 Å². The van der Waals surface area contributed by atoms with Gasteiger partial charge in [0.05, 0.1) is 23.3 Å². The van der Waals surface area contributed by atoms with E-state index in [1.165, 1.54) is 17.4 Å². The van der Waals surface area contributed by atoms with Gasteiger partial charge in [-0.1, -0.05) is 24.3 Å². The van der Waals surface area contributed by atoms with Gasteiger partial charge in [-0.15, -0.1) is 11.3 Å². The number of nitrogens with zero attached hydrogens (tertiary/aromatic N) is 4. The molecule has 4 rings (SSSR count). The number of para-hydroxylation sites is 1. The highest BCUT2D eigenvalue weighted by atomic mass is 32.1. The molecule has 1 aromatic carbocycles. The second kappa shape index (κ2) is 8.41. The molecule has 0 bridgehead atoms. The topological polar surface area (TPSA) is 69.9 Å². The molecule has 138 valence electrons. The molecule has 3 heterocycles. The van der Waals surface area contributed by atoms with Crippen molar-refractivity contribution < 1.29 is 9.53 Å². The molecule has 0 aliphatic heterocycles. The molecule has 4 aromatic rings. The van der Waals surface area contributed by atoms with Gasteiger partial charge in [0.15, 0.2) is 0 Å². The summed E-state index contributed by atoms with van der Waals surface area (Å²) in [6.07, 6.45) is 8.32. The first kappa shape index (κ1) is 17.8. The van der Waals surface area contributed by atoms with E-state index in [-0.39, 0.29) is 6.61 Å². The highest BCUT2D eigenvalue weighted by molar-refractivity contribution is 7.13. The molecule has 0 N–H and O–H groups in total. The molecular weight excluding hydrogens is 372 g/mol. The normalized spacial score (nSPS) is 11.0. The summed E-state index contributed by atoms with van der Waals surface area (Å²) in [5, 5.41) is 6.96. The van der Waals surface area contributed by atoms with Crippen LogP contribution in [0.15, 0.2) is 78.6 Å². The number of hydrogen-bond acceptors (Lipinski definition) is 6. The summed E-state index contributed by atoms with van der Waals surface area (Å²) in [6, 6.07) is 15.4. The Morgan fingerprint density at radius 1 is 1.14 bits per heavy atom. The van der Waals surface area contributed by atoms with Crippen LogP contribution in [-0.2, 0) is 16.1 Å². The molecule has 0 radical (unpaired) electrons. The minimum atomic E-state index is -0.431. The summed E-state index contributed by atoms with van der Waals surface area (Å²) < 4.78 is 7.01. The molecule has 0 saturated carbocycles. The van der Waals surface area contributed by atoms with Gasteiger partial charge in [-0.3, -0.25) is 4.98 Å². The molecule has 0 unspecified atom stereocenters. The molecule has 0 amide bonds. The molecule has 0 saturated heterocycles. The van der Waals surface area contributed by atoms with Crippen molar-refractivity contribution in [1.29, 1.82) is 0 Å². The summed E-state index contributed by atoms with van der Waals surface area (Å²) >= 11 is 1.47. The van der Waals surface area contributed by atoms with Gasteiger partial charge in [0.1, 0.15) is 11.6 Å². The van der Waals surface area contributed by atoms with E-state index >= 15 is 0 Å². The standard InChI is InChI=1S/C21H16N4O2S/c26-20(10-9-16-12-23-25(13-16)18-6-2-1-3-7-18)27-14-17-15-28-21(24-17)19-8-4-5-11-22-19/h1-13,15H,14H2/b10-9+. The van der Waals surface area contributed by atoms with Gasteiger partial charge in [0.2, 0.25) is 0 Å². The van der Waals surface area contributed by atoms with Crippen LogP contribution >= 0.6 is 11.3 Å². The number of ether oxygens (including phenoxy) is 1. The number of rotatable bonds is 6. The van der Waals surface area contributed by atoms with Crippen molar-refractivity contribution in [1.82, 2.24) is 19.7 Å². The van der Waals surface area contributed by atoms with Crippen LogP contribution in [0.3, 0.4) is 0 Å². The first-order valence-corrected chi connectivity index (χ1v) is 9.47. The fourth-order valence-electron chi connectivity index (χ4n) is 2.48. The van der Waals surface area contributed by atoms with Gasteiger partial charge in [-0.25, -0.2) is 14.5 Å². The third-order valence-corrected chi connectivity index (χ3v) is 4.75. The van der Waals surface area contributed by atoms with Crippen molar-refractivity contribution in [3.63, 3.8) is 0 Å². The van der Waals surface area contributed by atoms with Crippen molar-refractivity contribution in [2.45, 2.75) is 6.61 Å². The maximum Gasteiger partial charge on any atom is 0.331 e. The van der Waals surface area contributed by atoms with Gasteiger partial charge in [-0.05, 0) is 30.3 Å². The number of benzene rings is 1. The van der Waals surface area contributed by atoms with Gasteiger partial charge < -0.3 is 4.74 Å². The summed E-state index contributed by atoms with van der Waals surface area (Å²) in [5.74, 6) is -0.431. The van der Waals surface area contributed by atoms with Crippen LogP contribution < -0.4 is 0 Å². The smallest absolute Gasteiger partial charge is 0.331 e. The lowest BCUT2D eigenvalue weighted by Gasteiger charge is -1.99. The van der Waals surface area contributed by atoms with E-state index in [1.54, 1.807) is 23.2 Å². The number of pyridine rings is 1. The van der Waals surface area contributed by atoms with Crippen LogP contribution in [0, 0.1) is 0 Å². The molecule has 7 heteroatoms. The van der Waals surface area contributed by atoms with Crippen molar-refractivity contribution in [2.24, 2.45) is 0 Å². The molecular formula is C21H16N4O2S. The van der Waals surface area contributed by atoms with Crippen molar-refractivity contribution in [3.8, 4) is 16.4 Å². The number of hydrogen-bond donors (Lipinski definition) is 0. The lowest BCUT2D eigenvalue weighted by atomic mass is 10.3. The predicted molar refractivity (Wildman–Crippen MR) is 108 cm³/mol. The first-order valence-electron chi connectivity index (χ1n) is 8.59. The van der Waals surface area contributed by atoms with Crippen LogP contribution in [0.5, 0.6) is 0 Å². The molecule has 0 aliphatic carbocycles. The Hall–Kier alpha value is -3.58. The number of carbonyl (C=O) groups excluding carboxylic acids is 1. The Kier molecular flexibility index (Phi) is 5.35. The third-order valence-electron chi connectivity index (χ3n) is 3.83. The summed E-state index contributed by atoms with van der Waals surface area (Å²) in [4.78, 5) is 20.7. The second-order valence-corrected chi connectivity index (χ2v) is 6.71. The average Bonchev–Trinajstić information content (AvgIpc) is 3.42. The van der Waals surface area contributed by atoms with Crippen molar-refractivity contribution >= 4 is 23.4 Å². The minimum absolute atomic E-state index is 0.121. The van der Waals surface area contributed by atoms with Crippen LogP contribution in [-0.4, -0.2) is 25.7 Å². The number of aromatic nitrogens is 4. The zero-order valence-corrected chi connectivity index (χ0v) is 15.6. The van der Waals surface area contributed by atoms with E-state index in [0.29, 0.717) is 5.69 Å². The lowest BCUT2D eigenvalue weighted by molar-refractivity contribution is -0.139. The Morgan fingerprint density at radius 3 is 2.82 bits per heavy atom. The van der Waals surface area contributed by atoms with Crippen LogP contribution in [0.1, 0.15) is 11.3 Å². The van der Waals surface area contributed by atoms with Gasteiger partial charge >= 0.3 is 5.97 Å². The quantitative estimate of drug-likeness (QED) is 0.367. The Labute approximate surface area is 165 Å². The zero-order chi connectivity index (χ0) is 19.2.